The number of halogens is 1. The first-order valence-corrected chi connectivity index (χ1v) is 8.86. The van der Waals surface area contributed by atoms with Gasteiger partial charge in [0.2, 0.25) is 0 Å². The van der Waals surface area contributed by atoms with Gasteiger partial charge in [0.05, 0.1) is 11.0 Å². The van der Waals surface area contributed by atoms with Crippen molar-refractivity contribution in [1.29, 1.82) is 0 Å². The zero-order valence-corrected chi connectivity index (χ0v) is 12.9. The molecule has 21 heavy (non-hydrogen) atoms. The van der Waals surface area contributed by atoms with Crippen LogP contribution in [-0.4, -0.2) is 13.7 Å². The van der Waals surface area contributed by atoms with Crippen molar-refractivity contribution in [2.75, 3.05) is 0 Å². The second-order valence-corrected chi connectivity index (χ2v) is 8.06. The number of nitrogens with two attached hydrogens (primary N) is 1. The van der Waals surface area contributed by atoms with Gasteiger partial charge in [0.15, 0.2) is 9.84 Å². The summed E-state index contributed by atoms with van der Waals surface area (Å²) >= 11 is 5.82. The fourth-order valence-electron chi connectivity index (χ4n) is 2.86. The molecule has 1 aliphatic carbocycles. The van der Waals surface area contributed by atoms with Crippen LogP contribution in [0.5, 0.6) is 0 Å². The topological polar surface area (TPSA) is 60.2 Å². The van der Waals surface area contributed by atoms with Crippen molar-refractivity contribution >= 4 is 21.4 Å². The number of sulfone groups is 1. The summed E-state index contributed by atoms with van der Waals surface area (Å²) in [6, 6.07) is 14.1. The van der Waals surface area contributed by atoms with Crippen molar-refractivity contribution in [3.05, 3.63) is 70.2 Å². The molecule has 0 amide bonds. The highest BCUT2D eigenvalue weighted by atomic mass is 35.5. The van der Waals surface area contributed by atoms with Crippen molar-refractivity contribution in [3.63, 3.8) is 0 Å². The average Bonchev–Trinajstić information content (AvgIpc) is 2.80. The van der Waals surface area contributed by atoms with E-state index in [1.807, 2.05) is 24.3 Å². The Bertz CT molecular complexity index is 756. The van der Waals surface area contributed by atoms with Crippen LogP contribution in [0.25, 0.3) is 0 Å². The molecule has 3 rings (SSSR count). The van der Waals surface area contributed by atoms with Gasteiger partial charge in [0.25, 0.3) is 0 Å². The molecule has 110 valence electrons. The molecule has 0 aliphatic heterocycles. The minimum Gasteiger partial charge on any atom is -0.323 e. The fraction of sp³-hybridized carbons (Fsp3) is 0.250. The van der Waals surface area contributed by atoms with Gasteiger partial charge in [-0.2, -0.15) is 0 Å². The van der Waals surface area contributed by atoms with E-state index in [1.54, 1.807) is 24.3 Å². The third-order valence-electron chi connectivity index (χ3n) is 3.98. The predicted molar refractivity (Wildman–Crippen MR) is 84.9 cm³/mol. The summed E-state index contributed by atoms with van der Waals surface area (Å²) in [6.45, 7) is 0. The smallest absolute Gasteiger partial charge is 0.159 e. The SMILES string of the molecule is NC1c2ccccc2CC1S(=O)(=O)Cc1ccc(Cl)cc1. The van der Waals surface area contributed by atoms with Crippen LogP contribution in [0, 0.1) is 0 Å². The third kappa shape index (κ3) is 2.84. The van der Waals surface area contributed by atoms with Gasteiger partial charge >= 0.3 is 0 Å². The van der Waals surface area contributed by atoms with Crippen molar-refractivity contribution in [3.8, 4) is 0 Å². The van der Waals surface area contributed by atoms with Crippen molar-refractivity contribution in [2.24, 2.45) is 5.73 Å². The number of hydrogen-bond acceptors (Lipinski definition) is 3. The first-order valence-electron chi connectivity index (χ1n) is 6.77. The molecule has 2 atom stereocenters. The largest absolute Gasteiger partial charge is 0.323 e. The second kappa shape index (κ2) is 5.44. The second-order valence-electron chi connectivity index (χ2n) is 5.40. The van der Waals surface area contributed by atoms with E-state index in [1.165, 1.54) is 0 Å². The number of hydrogen-bond donors (Lipinski definition) is 1. The Labute approximate surface area is 129 Å². The molecule has 0 aromatic heterocycles. The van der Waals surface area contributed by atoms with Crippen molar-refractivity contribution < 1.29 is 8.42 Å². The van der Waals surface area contributed by atoms with Crippen LogP contribution in [0.15, 0.2) is 48.5 Å². The van der Waals surface area contributed by atoms with E-state index in [0.29, 0.717) is 11.4 Å². The maximum atomic E-state index is 12.7. The summed E-state index contributed by atoms with van der Waals surface area (Å²) in [5.41, 5.74) is 8.88. The summed E-state index contributed by atoms with van der Waals surface area (Å²) in [6.07, 6.45) is 0.493. The Kier molecular flexibility index (Phi) is 3.78. The average molecular weight is 322 g/mol. The van der Waals surface area contributed by atoms with Gasteiger partial charge in [0, 0.05) is 11.1 Å². The molecular formula is C16H16ClNO2S. The van der Waals surface area contributed by atoms with E-state index in [2.05, 4.69) is 0 Å². The summed E-state index contributed by atoms with van der Waals surface area (Å²) in [5, 5.41) is 0.0479. The summed E-state index contributed by atoms with van der Waals surface area (Å²) in [4.78, 5) is 0. The van der Waals surface area contributed by atoms with Crippen LogP contribution in [0.1, 0.15) is 22.7 Å². The molecule has 2 unspecified atom stereocenters. The Morgan fingerprint density at radius 2 is 1.76 bits per heavy atom. The van der Waals surface area contributed by atoms with Crippen LogP contribution in [-0.2, 0) is 22.0 Å². The van der Waals surface area contributed by atoms with E-state index in [0.717, 1.165) is 16.7 Å². The normalized spacial score (nSPS) is 21.2. The monoisotopic (exact) mass is 321 g/mol. The molecule has 0 saturated carbocycles. The third-order valence-corrected chi connectivity index (χ3v) is 6.35. The minimum atomic E-state index is -3.31. The Morgan fingerprint density at radius 1 is 1.10 bits per heavy atom. The molecule has 0 bridgehead atoms. The lowest BCUT2D eigenvalue weighted by molar-refractivity contribution is 0.564. The standard InChI is InChI=1S/C16H16ClNO2S/c17-13-7-5-11(6-8-13)10-21(19,20)15-9-12-3-1-2-4-14(12)16(15)18/h1-8,15-16H,9-10,18H2. The quantitative estimate of drug-likeness (QED) is 0.945. The first-order chi connectivity index (χ1) is 9.97. The number of rotatable bonds is 3. The van der Waals surface area contributed by atoms with Crippen LogP contribution in [0.2, 0.25) is 5.02 Å². The van der Waals surface area contributed by atoms with Gasteiger partial charge in [-0.1, -0.05) is 48.0 Å². The molecule has 0 fully saturated rings. The number of fused-ring (bicyclic) bond motifs is 1. The van der Waals surface area contributed by atoms with E-state index in [4.69, 9.17) is 17.3 Å². The van der Waals surface area contributed by atoms with Crippen LogP contribution in [0.4, 0.5) is 0 Å². The zero-order valence-electron chi connectivity index (χ0n) is 11.4. The predicted octanol–water partition coefficient (Wildman–Crippen LogP) is 2.88. The maximum Gasteiger partial charge on any atom is 0.159 e. The summed E-state index contributed by atoms with van der Waals surface area (Å²) < 4.78 is 25.3. The van der Waals surface area contributed by atoms with Gasteiger partial charge < -0.3 is 5.73 Å². The molecule has 2 aromatic carbocycles. The molecule has 1 aliphatic rings. The van der Waals surface area contributed by atoms with Crippen molar-refractivity contribution in [1.82, 2.24) is 0 Å². The molecular weight excluding hydrogens is 306 g/mol. The lowest BCUT2D eigenvalue weighted by atomic mass is 10.1. The highest BCUT2D eigenvalue weighted by molar-refractivity contribution is 7.91. The molecule has 0 spiro atoms. The molecule has 3 nitrogen and oxygen atoms in total. The van der Waals surface area contributed by atoms with Crippen LogP contribution >= 0.6 is 11.6 Å². The molecule has 2 aromatic rings. The molecule has 2 N–H and O–H groups in total. The number of benzene rings is 2. The van der Waals surface area contributed by atoms with Gasteiger partial charge in [-0.25, -0.2) is 8.42 Å². The lowest BCUT2D eigenvalue weighted by Crippen LogP contribution is -2.31. The molecule has 5 heteroatoms. The van der Waals surface area contributed by atoms with E-state index < -0.39 is 21.1 Å². The zero-order chi connectivity index (χ0) is 15.0. The highest BCUT2D eigenvalue weighted by Crippen LogP contribution is 2.34. The lowest BCUT2D eigenvalue weighted by Gasteiger charge is -2.17. The van der Waals surface area contributed by atoms with Gasteiger partial charge in [-0.15, -0.1) is 0 Å². The van der Waals surface area contributed by atoms with Crippen LogP contribution in [0.3, 0.4) is 0 Å². The van der Waals surface area contributed by atoms with E-state index in [-0.39, 0.29) is 5.75 Å². The highest BCUT2D eigenvalue weighted by Gasteiger charge is 2.38. The summed E-state index contributed by atoms with van der Waals surface area (Å²) in [5.74, 6) is -0.00345. The Balaban J connectivity index is 1.85. The minimum absolute atomic E-state index is 0.00345. The van der Waals surface area contributed by atoms with Gasteiger partial charge in [-0.3, -0.25) is 0 Å². The molecule has 0 radical (unpaired) electrons. The molecule has 0 saturated heterocycles. The van der Waals surface area contributed by atoms with E-state index >= 15 is 0 Å². The van der Waals surface area contributed by atoms with Crippen molar-refractivity contribution in [2.45, 2.75) is 23.5 Å². The van der Waals surface area contributed by atoms with Crippen LogP contribution < -0.4 is 5.73 Å². The Morgan fingerprint density at radius 3 is 2.43 bits per heavy atom. The molecule has 0 heterocycles. The first kappa shape index (κ1) is 14.6. The van der Waals surface area contributed by atoms with E-state index in [9.17, 15) is 8.42 Å². The van der Waals surface area contributed by atoms with Gasteiger partial charge in [-0.05, 0) is 35.2 Å². The van der Waals surface area contributed by atoms with Gasteiger partial charge in [0.1, 0.15) is 0 Å². The maximum absolute atomic E-state index is 12.7. The summed E-state index contributed by atoms with van der Waals surface area (Å²) in [7, 11) is -3.31. The Hall–Kier alpha value is -1.36. The fourth-order valence-corrected chi connectivity index (χ4v) is 4.88.